The van der Waals surface area contributed by atoms with Crippen molar-refractivity contribution in [2.45, 2.75) is 9.92 Å². The molecule has 28 heavy (non-hydrogen) atoms. The molecule has 0 amide bonds. The first-order chi connectivity index (χ1) is 13.6. The minimum absolute atomic E-state index is 0.371. The summed E-state index contributed by atoms with van der Waals surface area (Å²) in [6, 6.07) is 18.5. The summed E-state index contributed by atoms with van der Waals surface area (Å²) >= 11 is 0. The second-order valence-corrected chi connectivity index (χ2v) is 7.39. The van der Waals surface area contributed by atoms with Crippen LogP contribution in [0.1, 0.15) is 0 Å². The van der Waals surface area contributed by atoms with E-state index in [1.807, 2.05) is 24.3 Å². The second kappa shape index (κ2) is 7.74. The lowest BCUT2D eigenvalue weighted by molar-refractivity contribution is 0.414. The van der Waals surface area contributed by atoms with Gasteiger partial charge in [-0.05, 0) is 41.8 Å². The SMILES string of the molecule is COc1ccnc(Nc2nc(S(=O)c3ccc(F)cc3)cc3ccccc23)c1. The number of rotatable bonds is 5. The summed E-state index contributed by atoms with van der Waals surface area (Å²) in [5.74, 6) is 1.37. The molecule has 0 saturated heterocycles. The molecule has 0 bridgehead atoms. The third kappa shape index (κ3) is 3.70. The van der Waals surface area contributed by atoms with Gasteiger partial charge in [0, 0.05) is 22.5 Å². The van der Waals surface area contributed by atoms with E-state index in [-0.39, 0.29) is 5.82 Å². The van der Waals surface area contributed by atoms with Gasteiger partial charge in [0.05, 0.1) is 7.11 Å². The van der Waals surface area contributed by atoms with Crippen LogP contribution in [0.15, 0.2) is 82.8 Å². The van der Waals surface area contributed by atoms with Crippen LogP contribution in [0.25, 0.3) is 10.8 Å². The lowest BCUT2D eigenvalue weighted by Gasteiger charge is -2.11. The van der Waals surface area contributed by atoms with E-state index >= 15 is 0 Å². The molecule has 1 N–H and O–H groups in total. The zero-order chi connectivity index (χ0) is 19.5. The summed E-state index contributed by atoms with van der Waals surface area (Å²) in [6.07, 6.45) is 1.63. The monoisotopic (exact) mass is 393 g/mol. The van der Waals surface area contributed by atoms with E-state index in [4.69, 9.17) is 4.74 Å². The molecule has 5 nitrogen and oxygen atoms in total. The lowest BCUT2D eigenvalue weighted by atomic mass is 10.1. The summed E-state index contributed by atoms with van der Waals surface area (Å²) in [4.78, 5) is 9.33. The standard InChI is InChI=1S/C21H16FN3O2S/c1-27-16-10-11-23-19(13-16)24-21-18-5-3-2-4-14(18)12-20(25-21)28(26)17-8-6-15(22)7-9-17/h2-13H,1H3,(H,23,24,25). The van der Waals surface area contributed by atoms with Crippen molar-refractivity contribution < 1.29 is 13.3 Å². The summed E-state index contributed by atoms with van der Waals surface area (Å²) in [6.45, 7) is 0. The highest BCUT2D eigenvalue weighted by atomic mass is 32.2. The van der Waals surface area contributed by atoms with Crippen molar-refractivity contribution in [3.63, 3.8) is 0 Å². The van der Waals surface area contributed by atoms with Gasteiger partial charge >= 0.3 is 0 Å². The summed E-state index contributed by atoms with van der Waals surface area (Å²) in [5.41, 5.74) is 0. The maximum atomic E-state index is 13.2. The van der Waals surface area contributed by atoms with Crippen LogP contribution in [0.2, 0.25) is 0 Å². The molecule has 1 atom stereocenters. The quantitative estimate of drug-likeness (QED) is 0.533. The zero-order valence-corrected chi connectivity index (χ0v) is 15.7. The smallest absolute Gasteiger partial charge is 0.140 e. The van der Waals surface area contributed by atoms with E-state index < -0.39 is 10.8 Å². The highest BCUT2D eigenvalue weighted by Gasteiger charge is 2.14. The van der Waals surface area contributed by atoms with Gasteiger partial charge in [0.2, 0.25) is 0 Å². The van der Waals surface area contributed by atoms with Crippen molar-refractivity contribution in [1.29, 1.82) is 0 Å². The summed E-state index contributed by atoms with van der Waals surface area (Å²) < 4.78 is 31.4. The predicted molar refractivity (Wildman–Crippen MR) is 107 cm³/mol. The molecule has 0 radical (unpaired) electrons. The van der Waals surface area contributed by atoms with Crippen molar-refractivity contribution in [3.8, 4) is 5.75 Å². The van der Waals surface area contributed by atoms with Crippen molar-refractivity contribution in [2.75, 3.05) is 12.4 Å². The third-order valence-electron chi connectivity index (χ3n) is 4.15. The number of methoxy groups -OCH3 is 1. The van der Waals surface area contributed by atoms with E-state index in [1.165, 1.54) is 24.3 Å². The first-order valence-electron chi connectivity index (χ1n) is 8.48. The van der Waals surface area contributed by atoms with Crippen LogP contribution >= 0.6 is 0 Å². The number of fused-ring (bicyclic) bond motifs is 1. The van der Waals surface area contributed by atoms with Crippen LogP contribution in [-0.4, -0.2) is 21.3 Å². The Hall–Kier alpha value is -3.32. The van der Waals surface area contributed by atoms with Gasteiger partial charge in [0.1, 0.15) is 39.0 Å². The van der Waals surface area contributed by atoms with Gasteiger partial charge in [0.15, 0.2) is 0 Å². The fraction of sp³-hybridized carbons (Fsp3) is 0.0476. The first kappa shape index (κ1) is 18.1. The lowest BCUT2D eigenvalue weighted by Crippen LogP contribution is -2.02. The maximum absolute atomic E-state index is 13.2. The molecular weight excluding hydrogens is 377 g/mol. The number of pyridine rings is 2. The molecule has 0 fully saturated rings. The molecule has 2 heterocycles. The topological polar surface area (TPSA) is 64.1 Å². The number of hydrogen-bond donors (Lipinski definition) is 1. The van der Waals surface area contributed by atoms with Gasteiger partial charge in [-0.3, -0.25) is 0 Å². The third-order valence-corrected chi connectivity index (χ3v) is 5.44. The van der Waals surface area contributed by atoms with Crippen LogP contribution in [0.3, 0.4) is 0 Å². The Labute approximate surface area is 163 Å². The Morgan fingerprint density at radius 3 is 2.61 bits per heavy atom. The highest BCUT2D eigenvalue weighted by molar-refractivity contribution is 7.85. The van der Waals surface area contributed by atoms with Crippen molar-refractivity contribution >= 4 is 33.2 Å². The Morgan fingerprint density at radius 1 is 1.04 bits per heavy atom. The fourth-order valence-corrected chi connectivity index (χ4v) is 3.80. The number of anilines is 2. The molecular formula is C21H16FN3O2S. The number of hydrogen-bond acceptors (Lipinski definition) is 5. The number of halogens is 1. The zero-order valence-electron chi connectivity index (χ0n) is 14.9. The van der Waals surface area contributed by atoms with E-state index in [0.29, 0.717) is 27.3 Å². The molecule has 0 saturated carbocycles. The second-order valence-electron chi connectivity index (χ2n) is 5.96. The van der Waals surface area contributed by atoms with Gasteiger partial charge in [-0.15, -0.1) is 0 Å². The molecule has 0 aliphatic heterocycles. The highest BCUT2D eigenvalue weighted by Crippen LogP contribution is 2.28. The Morgan fingerprint density at radius 2 is 1.82 bits per heavy atom. The van der Waals surface area contributed by atoms with Crippen LogP contribution in [0.4, 0.5) is 16.0 Å². The number of nitrogens with one attached hydrogen (secondary N) is 1. The molecule has 0 aliphatic carbocycles. The van der Waals surface area contributed by atoms with E-state index in [9.17, 15) is 8.60 Å². The van der Waals surface area contributed by atoms with E-state index in [1.54, 1.807) is 31.5 Å². The van der Waals surface area contributed by atoms with E-state index in [2.05, 4.69) is 15.3 Å². The Bertz CT molecular complexity index is 1170. The molecule has 2 aromatic carbocycles. The Balaban J connectivity index is 1.78. The van der Waals surface area contributed by atoms with Crippen molar-refractivity contribution in [3.05, 3.63) is 78.7 Å². The number of benzene rings is 2. The molecule has 1 unspecified atom stereocenters. The van der Waals surface area contributed by atoms with Gasteiger partial charge in [-0.25, -0.2) is 18.6 Å². The minimum Gasteiger partial charge on any atom is -0.497 e. The molecule has 0 aliphatic rings. The van der Waals surface area contributed by atoms with Gasteiger partial charge in [0.25, 0.3) is 0 Å². The largest absolute Gasteiger partial charge is 0.497 e. The molecule has 0 spiro atoms. The van der Waals surface area contributed by atoms with Gasteiger partial charge in [-0.1, -0.05) is 24.3 Å². The normalized spacial score (nSPS) is 11.9. The Kier molecular flexibility index (Phi) is 4.99. The van der Waals surface area contributed by atoms with Crippen LogP contribution < -0.4 is 10.1 Å². The molecule has 7 heteroatoms. The molecule has 4 aromatic rings. The fourth-order valence-electron chi connectivity index (χ4n) is 2.77. The van der Waals surface area contributed by atoms with Crippen LogP contribution in [0.5, 0.6) is 5.75 Å². The average molecular weight is 393 g/mol. The number of nitrogens with zero attached hydrogens (tertiary/aromatic N) is 2. The maximum Gasteiger partial charge on any atom is 0.140 e. The number of ether oxygens (including phenoxy) is 1. The van der Waals surface area contributed by atoms with Crippen LogP contribution in [0, 0.1) is 5.82 Å². The van der Waals surface area contributed by atoms with Crippen LogP contribution in [-0.2, 0) is 10.8 Å². The molecule has 4 rings (SSSR count). The van der Waals surface area contributed by atoms with Gasteiger partial charge in [-0.2, -0.15) is 0 Å². The average Bonchev–Trinajstić information content (AvgIpc) is 2.74. The summed E-state index contributed by atoms with van der Waals surface area (Å²) in [5, 5.41) is 5.30. The van der Waals surface area contributed by atoms with Crippen molar-refractivity contribution in [1.82, 2.24) is 9.97 Å². The molecule has 2 aromatic heterocycles. The first-order valence-corrected chi connectivity index (χ1v) is 9.63. The van der Waals surface area contributed by atoms with E-state index in [0.717, 1.165) is 10.8 Å². The molecule has 140 valence electrons. The minimum atomic E-state index is -1.55. The predicted octanol–water partition coefficient (Wildman–Crippen LogP) is 4.69. The summed E-state index contributed by atoms with van der Waals surface area (Å²) in [7, 11) is 0.0343. The van der Waals surface area contributed by atoms with Crippen molar-refractivity contribution in [2.24, 2.45) is 0 Å². The number of aromatic nitrogens is 2. The van der Waals surface area contributed by atoms with Gasteiger partial charge < -0.3 is 10.1 Å².